The molecule has 1 heterocycles. The molecule has 2 atom stereocenters. The zero-order valence-electron chi connectivity index (χ0n) is 13.1. The Balaban J connectivity index is 2.15. The molecule has 0 radical (unpaired) electrons. The summed E-state index contributed by atoms with van der Waals surface area (Å²) in [5, 5.41) is 11.6. The molecule has 118 valence electrons. The van der Waals surface area contributed by atoms with E-state index in [1.807, 2.05) is 30.3 Å². The molecule has 1 amide bonds. The van der Waals surface area contributed by atoms with Gasteiger partial charge in [0.05, 0.1) is 5.92 Å². The zero-order chi connectivity index (χ0) is 15.9. The van der Waals surface area contributed by atoms with Crippen LogP contribution in [0.25, 0.3) is 0 Å². The minimum Gasteiger partial charge on any atom is -0.300 e. The van der Waals surface area contributed by atoms with Gasteiger partial charge in [0.2, 0.25) is 11.0 Å². The number of rotatable bonds is 7. The molecule has 6 heteroatoms. The van der Waals surface area contributed by atoms with Crippen molar-refractivity contribution in [3.8, 4) is 0 Å². The first-order valence-corrected chi connectivity index (χ1v) is 9.28. The fourth-order valence-electron chi connectivity index (χ4n) is 2.26. The molecule has 0 aliphatic carbocycles. The maximum Gasteiger partial charge on any atom is 0.234 e. The summed E-state index contributed by atoms with van der Waals surface area (Å²) in [4.78, 5) is 12.7. The zero-order valence-corrected chi connectivity index (χ0v) is 14.7. The van der Waals surface area contributed by atoms with E-state index in [0.29, 0.717) is 5.13 Å². The fourth-order valence-corrected chi connectivity index (χ4v) is 3.91. The number of carbonyl (C=O) groups is 1. The lowest BCUT2D eigenvalue weighted by Gasteiger charge is -2.22. The number of nitrogens with one attached hydrogen (secondary N) is 1. The van der Waals surface area contributed by atoms with Gasteiger partial charge in [0.25, 0.3) is 0 Å². The van der Waals surface area contributed by atoms with Crippen LogP contribution in [0.4, 0.5) is 5.13 Å². The van der Waals surface area contributed by atoms with Crippen LogP contribution in [0, 0.1) is 5.92 Å². The van der Waals surface area contributed by atoms with Crippen molar-refractivity contribution in [2.75, 3.05) is 11.1 Å². The van der Waals surface area contributed by atoms with Gasteiger partial charge in [0.1, 0.15) is 0 Å². The maximum absolute atomic E-state index is 12.7. The third kappa shape index (κ3) is 4.30. The predicted octanol–water partition coefficient (Wildman–Crippen LogP) is 4.42. The summed E-state index contributed by atoms with van der Waals surface area (Å²) < 4.78 is 0.887. The molecule has 1 aromatic carbocycles. The molecule has 22 heavy (non-hydrogen) atoms. The second-order valence-electron chi connectivity index (χ2n) is 5.07. The largest absolute Gasteiger partial charge is 0.300 e. The molecule has 0 fully saturated rings. The minimum absolute atomic E-state index is 0.00949. The fraction of sp³-hybridized carbons (Fsp3) is 0.438. The standard InChI is InChI=1S/C16H21N3OS2/c1-4-11(3)13(12-9-7-6-8-10-12)14(20)17-15-18-19-16(22-15)21-5-2/h6-11,13H,4-5H2,1-3H3,(H,17,18,20)/t11-,13+/m0/s1. The minimum atomic E-state index is -0.169. The Morgan fingerprint density at radius 3 is 2.64 bits per heavy atom. The molecule has 1 N–H and O–H groups in total. The highest BCUT2D eigenvalue weighted by Gasteiger charge is 2.26. The van der Waals surface area contributed by atoms with Crippen LogP contribution in [0.15, 0.2) is 34.7 Å². The third-order valence-corrected chi connectivity index (χ3v) is 5.41. The van der Waals surface area contributed by atoms with E-state index in [1.165, 1.54) is 11.3 Å². The van der Waals surface area contributed by atoms with E-state index in [2.05, 4.69) is 36.3 Å². The summed E-state index contributed by atoms with van der Waals surface area (Å²) >= 11 is 3.06. The smallest absolute Gasteiger partial charge is 0.234 e. The lowest BCUT2D eigenvalue weighted by atomic mass is 9.85. The van der Waals surface area contributed by atoms with E-state index in [1.54, 1.807) is 11.8 Å². The Morgan fingerprint density at radius 1 is 1.27 bits per heavy atom. The quantitative estimate of drug-likeness (QED) is 0.601. The number of amides is 1. The van der Waals surface area contributed by atoms with Gasteiger partial charge in [-0.1, -0.05) is 80.6 Å². The van der Waals surface area contributed by atoms with Crippen molar-refractivity contribution in [1.29, 1.82) is 0 Å². The van der Waals surface area contributed by atoms with Gasteiger partial charge in [-0.2, -0.15) is 0 Å². The first kappa shape index (κ1) is 17.0. The Morgan fingerprint density at radius 2 is 2.00 bits per heavy atom. The van der Waals surface area contributed by atoms with Gasteiger partial charge >= 0.3 is 0 Å². The second kappa shape index (κ2) is 8.29. The van der Waals surface area contributed by atoms with Crippen molar-refractivity contribution in [1.82, 2.24) is 10.2 Å². The number of carbonyl (C=O) groups excluding carboxylic acids is 1. The van der Waals surface area contributed by atoms with Gasteiger partial charge in [0, 0.05) is 0 Å². The van der Waals surface area contributed by atoms with Crippen molar-refractivity contribution >= 4 is 34.1 Å². The van der Waals surface area contributed by atoms with Gasteiger partial charge < -0.3 is 0 Å². The predicted molar refractivity (Wildman–Crippen MR) is 93.6 cm³/mol. The Hall–Kier alpha value is -1.40. The van der Waals surface area contributed by atoms with Gasteiger partial charge in [-0.05, 0) is 17.2 Å². The lowest BCUT2D eigenvalue weighted by Crippen LogP contribution is -2.26. The van der Waals surface area contributed by atoms with Crippen LogP contribution in [0.5, 0.6) is 0 Å². The first-order valence-electron chi connectivity index (χ1n) is 7.47. The van der Waals surface area contributed by atoms with Crippen molar-refractivity contribution in [2.45, 2.75) is 37.4 Å². The van der Waals surface area contributed by atoms with E-state index in [9.17, 15) is 4.79 Å². The van der Waals surface area contributed by atoms with Crippen molar-refractivity contribution < 1.29 is 4.79 Å². The topological polar surface area (TPSA) is 54.9 Å². The second-order valence-corrected chi connectivity index (χ2v) is 7.56. The molecule has 0 bridgehead atoms. The number of nitrogens with zero attached hydrogens (tertiary/aromatic N) is 2. The molecule has 0 aliphatic rings. The normalized spacial score (nSPS) is 13.6. The molecule has 2 rings (SSSR count). The molecule has 4 nitrogen and oxygen atoms in total. The Bertz CT molecular complexity index is 600. The average molecular weight is 335 g/mol. The Kier molecular flexibility index (Phi) is 6.39. The summed E-state index contributed by atoms with van der Waals surface area (Å²) in [5.41, 5.74) is 1.04. The van der Waals surface area contributed by atoms with E-state index in [-0.39, 0.29) is 17.7 Å². The lowest BCUT2D eigenvalue weighted by molar-refractivity contribution is -0.118. The van der Waals surface area contributed by atoms with Crippen molar-refractivity contribution in [3.05, 3.63) is 35.9 Å². The number of anilines is 1. The van der Waals surface area contributed by atoms with Crippen LogP contribution < -0.4 is 5.32 Å². The highest BCUT2D eigenvalue weighted by molar-refractivity contribution is 8.01. The third-order valence-electron chi connectivity index (χ3n) is 3.56. The van der Waals surface area contributed by atoms with Crippen LogP contribution >= 0.6 is 23.1 Å². The highest BCUT2D eigenvalue weighted by atomic mass is 32.2. The summed E-state index contributed by atoms with van der Waals surface area (Å²) in [6.45, 7) is 6.28. The molecular formula is C16H21N3OS2. The number of hydrogen-bond acceptors (Lipinski definition) is 5. The SMILES string of the molecule is CCSc1nnc(NC(=O)[C@@H](c2ccccc2)[C@@H](C)CC)s1. The van der Waals surface area contributed by atoms with Gasteiger partial charge in [0.15, 0.2) is 4.34 Å². The van der Waals surface area contributed by atoms with Crippen molar-refractivity contribution in [3.63, 3.8) is 0 Å². The van der Waals surface area contributed by atoms with E-state index >= 15 is 0 Å². The highest BCUT2D eigenvalue weighted by Crippen LogP contribution is 2.30. The number of benzene rings is 1. The van der Waals surface area contributed by atoms with E-state index in [4.69, 9.17) is 0 Å². The molecular weight excluding hydrogens is 314 g/mol. The summed E-state index contributed by atoms with van der Waals surface area (Å²) in [6.07, 6.45) is 0.944. The average Bonchev–Trinajstić information content (AvgIpc) is 2.96. The van der Waals surface area contributed by atoms with Crippen LogP contribution in [-0.2, 0) is 4.79 Å². The summed E-state index contributed by atoms with van der Waals surface area (Å²) in [7, 11) is 0. The molecule has 0 saturated heterocycles. The van der Waals surface area contributed by atoms with Crippen LogP contribution in [0.1, 0.15) is 38.7 Å². The molecule has 2 aromatic rings. The summed E-state index contributed by atoms with van der Waals surface area (Å²) in [6, 6.07) is 9.93. The van der Waals surface area contributed by atoms with Crippen LogP contribution in [-0.4, -0.2) is 21.9 Å². The molecule has 0 spiro atoms. The monoisotopic (exact) mass is 335 g/mol. The van der Waals surface area contributed by atoms with E-state index in [0.717, 1.165) is 22.1 Å². The van der Waals surface area contributed by atoms with Gasteiger partial charge in [-0.15, -0.1) is 10.2 Å². The van der Waals surface area contributed by atoms with Gasteiger partial charge in [-0.3, -0.25) is 10.1 Å². The van der Waals surface area contributed by atoms with Crippen LogP contribution in [0.2, 0.25) is 0 Å². The van der Waals surface area contributed by atoms with Gasteiger partial charge in [-0.25, -0.2) is 0 Å². The molecule has 0 unspecified atom stereocenters. The van der Waals surface area contributed by atoms with E-state index < -0.39 is 0 Å². The molecule has 1 aromatic heterocycles. The molecule has 0 saturated carbocycles. The summed E-state index contributed by atoms with van der Waals surface area (Å²) in [5.74, 6) is 1.03. The van der Waals surface area contributed by atoms with Crippen molar-refractivity contribution in [2.24, 2.45) is 5.92 Å². The number of aromatic nitrogens is 2. The molecule has 0 aliphatic heterocycles. The first-order chi connectivity index (χ1) is 10.7. The maximum atomic E-state index is 12.7. The Labute approximate surface area is 139 Å². The van der Waals surface area contributed by atoms with Crippen LogP contribution in [0.3, 0.4) is 0 Å². The number of hydrogen-bond donors (Lipinski definition) is 1. The number of thioether (sulfide) groups is 1.